The number of aromatic carboxylic acids is 1. The lowest BCUT2D eigenvalue weighted by Gasteiger charge is -2.10. The van der Waals surface area contributed by atoms with Crippen LogP contribution in [0, 0.1) is 12.7 Å². The molecular weight excluding hydrogens is 331 g/mol. The largest absolute Gasteiger partial charge is 0.486 e. The predicted octanol–water partition coefficient (Wildman–Crippen LogP) is 2.91. The van der Waals surface area contributed by atoms with E-state index in [1.165, 1.54) is 6.07 Å². The standard InChI is InChI=1S/C13H12BrFN2O3/c1-7-12(14)10(17(2)16-7)6-20-11-5-8(15)3-4-9(11)13(18)19/h3-5H,6H2,1-2H3,(H,18,19). The molecule has 0 aliphatic heterocycles. The van der Waals surface area contributed by atoms with Crippen LogP contribution in [0.15, 0.2) is 22.7 Å². The fourth-order valence-electron chi connectivity index (χ4n) is 1.78. The Balaban J connectivity index is 2.27. The minimum absolute atomic E-state index is 0.0109. The van der Waals surface area contributed by atoms with Gasteiger partial charge in [0.05, 0.1) is 15.9 Å². The zero-order valence-electron chi connectivity index (χ0n) is 10.9. The SMILES string of the molecule is Cc1nn(C)c(COc2cc(F)ccc2C(=O)O)c1Br. The second-order valence-corrected chi connectivity index (χ2v) is 5.00. The number of aromatic nitrogens is 2. The number of carbonyl (C=O) groups is 1. The first-order valence-corrected chi connectivity index (χ1v) is 6.53. The zero-order chi connectivity index (χ0) is 14.9. The van der Waals surface area contributed by atoms with Gasteiger partial charge in [-0.15, -0.1) is 0 Å². The Labute approximate surface area is 123 Å². The smallest absolute Gasteiger partial charge is 0.339 e. The monoisotopic (exact) mass is 342 g/mol. The summed E-state index contributed by atoms with van der Waals surface area (Å²) in [6.07, 6.45) is 0. The fourth-order valence-corrected chi connectivity index (χ4v) is 2.23. The maximum atomic E-state index is 13.2. The van der Waals surface area contributed by atoms with Crippen LogP contribution in [-0.4, -0.2) is 20.9 Å². The lowest BCUT2D eigenvalue weighted by Crippen LogP contribution is -2.07. The third-order valence-corrected chi connectivity index (χ3v) is 3.83. The quantitative estimate of drug-likeness (QED) is 0.927. The van der Waals surface area contributed by atoms with E-state index in [2.05, 4.69) is 21.0 Å². The van der Waals surface area contributed by atoms with Gasteiger partial charge in [0.25, 0.3) is 0 Å². The molecule has 2 aromatic rings. The molecule has 0 radical (unpaired) electrons. The summed E-state index contributed by atoms with van der Waals surface area (Å²) in [5.74, 6) is -1.73. The fraction of sp³-hybridized carbons (Fsp3) is 0.231. The maximum absolute atomic E-state index is 13.2. The van der Waals surface area contributed by atoms with Crippen LogP contribution >= 0.6 is 15.9 Å². The van der Waals surface area contributed by atoms with Gasteiger partial charge in [-0.2, -0.15) is 5.10 Å². The highest BCUT2D eigenvalue weighted by Crippen LogP contribution is 2.24. The van der Waals surface area contributed by atoms with Crippen LogP contribution in [0.4, 0.5) is 4.39 Å². The van der Waals surface area contributed by atoms with E-state index in [0.717, 1.165) is 28.0 Å². The first kappa shape index (κ1) is 14.5. The van der Waals surface area contributed by atoms with Crippen molar-refractivity contribution in [2.75, 3.05) is 0 Å². The molecule has 0 saturated carbocycles. The summed E-state index contributed by atoms with van der Waals surface area (Å²) in [4.78, 5) is 11.1. The van der Waals surface area contributed by atoms with Crippen LogP contribution in [-0.2, 0) is 13.7 Å². The van der Waals surface area contributed by atoms with Crippen molar-refractivity contribution in [1.29, 1.82) is 0 Å². The number of hydrogen-bond donors (Lipinski definition) is 1. The minimum atomic E-state index is -1.17. The molecule has 7 heteroatoms. The van der Waals surface area contributed by atoms with Crippen LogP contribution < -0.4 is 4.74 Å². The molecule has 106 valence electrons. The van der Waals surface area contributed by atoms with Crippen LogP contribution in [0.5, 0.6) is 5.75 Å². The Kier molecular flexibility index (Phi) is 4.08. The van der Waals surface area contributed by atoms with E-state index in [4.69, 9.17) is 9.84 Å². The summed E-state index contributed by atoms with van der Waals surface area (Å²) in [5.41, 5.74) is 1.45. The molecule has 2 rings (SSSR count). The van der Waals surface area contributed by atoms with E-state index < -0.39 is 11.8 Å². The van der Waals surface area contributed by atoms with Gasteiger partial charge in [0, 0.05) is 13.1 Å². The highest BCUT2D eigenvalue weighted by molar-refractivity contribution is 9.10. The number of rotatable bonds is 4. The molecule has 0 bridgehead atoms. The Bertz CT molecular complexity index is 670. The minimum Gasteiger partial charge on any atom is -0.486 e. The Hall–Kier alpha value is -1.89. The van der Waals surface area contributed by atoms with Gasteiger partial charge >= 0.3 is 5.97 Å². The summed E-state index contributed by atoms with van der Waals surface area (Å²) >= 11 is 3.38. The molecule has 0 fully saturated rings. The van der Waals surface area contributed by atoms with Gasteiger partial charge in [0.15, 0.2) is 0 Å². The molecule has 1 heterocycles. The number of halogens is 2. The van der Waals surface area contributed by atoms with E-state index in [0.29, 0.717) is 0 Å². The number of aryl methyl sites for hydroxylation is 2. The lowest BCUT2D eigenvalue weighted by atomic mass is 10.2. The van der Waals surface area contributed by atoms with E-state index in [1.54, 1.807) is 11.7 Å². The van der Waals surface area contributed by atoms with Crippen LogP contribution in [0.2, 0.25) is 0 Å². The average Bonchev–Trinajstić information content (AvgIpc) is 2.61. The first-order chi connectivity index (χ1) is 9.40. The van der Waals surface area contributed by atoms with Crippen molar-refractivity contribution < 1.29 is 19.0 Å². The van der Waals surface area contributed by atoms with Crippen molar-refractivity contribution in [3.8, 4) is 5.75 Å². The number of carboxylic acid groups (broad SMARTS) is 1. The van der Waals surface area contributed by atoms with Gasteiger partial charge in [-0.25, -0.2) is 9.18 Å². The van der Waals surface area contributed by atoms with E-state index in [1.807, 2.05) is 6.92 Å². The Morgan fingerprint density at radius 3 is 2.80 bits per heavy atom. The first-order valence-electron chi connectivity index (χ1n) is 5.73. The average molecular weight is 343 g/mol. The van der Waals surface area contributed by atoms with Crippen molar-refractivity contribution in [3.63, 3.8) is 0 Å². The summed E-state index contributed by atoms with van der Waals surface area (Å²) in [6.45, 7) is 1.92. The third-order valence-electron chi connectivity index (χ3n) is 2.80. The number of nitrogens with zero attached hydrogens (tertiary/aromatic N) is 2. The van der Waals surface area contributed by atoms with Gasteiger partial charge in [-0.1, -0.05) is 0 Å². The van der Waals surface area contributed by atoms with Crippen LogP contribution in [0.1, 0.15) is 21.7 Å². The summed E-state index contributed by atoms with van der Waals surface area (Å²) < 4.78 is 21.0. The molecule has 0 aliphatic rings. The van der Waals surface area contributed by atoms with Crippen molar-refractivity contribution in [3.05, 3.63) is 45.4 Å². The number of ether oxygens (including phenoxy) is 1. The van der Waals surface area contributed by atoms with Gasteiger partial charge in [0.2, 0.25) is 0 Å². The summed E-state index contributed by atoms with van der Waals surface area (Å²) in [7, 11) is 1.75. The predicted molar refractivity (Wildman–Crippen MR) is 73.3 cm³/mol. The zero-order valence-corrected chi connectivity index (χ0v) is 12.4. The van der Waals surface area contributed by atoms with Crippen molar-refractivity contribution >= 4 is 21.9 Å². The second kappa shape index (κ2) is 5.62. The highest BCUT2D eigenvalue weighted by atomic mass is 79.9. The second-order valence-electron chi connectivity index (χ2n) is 4.20. The van der Waals surface area contributed by atoms with Gasteiger partial charge in [0.1, 0.15) is 23.7 Å². The van der Waals surface area contributed by atoms with Crippen molar-refractivity contribution in [1.82, 2.24) is 9.78 Å². The highest BCUT2D eigenvalue weighted by Gasteiger charge is 2.15. The molecule has 0 atom stereocenters. The summed E-state index contributed by atoms with van der Waals surface area (Å²) in [6, 6.07) is 3.32. The number of hydrogen-bond acceptors (Lipinski definition) is 3. The topological polar surface area (TPSA) is 64.4 Å². The van der Waals surface area contributed by atoms with E-state index in [9.17, 15) is 9.18 Å². The van der Waals surface area contributed by atoms with E-state index in [-0.39, 0.29) is 17.9 Å². The molecule has 0 saturated heterocycles. The Morgan fingerprint density at radius 2 is 2.25 bits per heavy atom. The van der Waals surface area contributed by atoms with Gasteiger partial charge < -0.3 is 9.84 Å². The molecule has 0 aliphatic carbocycles. The molecule has 0 amide bonds. The van der Waals surface area contributed by atoms with Gasteiger partial charge in [-0.05, 0) is 35.0 Å². The van der Waals surface area contributed by atoms with Gasteiger partial charge in [-0.3, -0.25) is 4.68 Å². The third kappa shape index (κ3) is 2.82. The molecule has 5 nitrogen and oxygen atoms in total. The lowest BCUT2D eigenvalue weighted by molar-refractivity contribution is 0.0691. The molecule has 0 unspecified atom stereocenters. The maximum Gasteiger partial charge on any atom is 0.339 e. The van der Waals surface area contributed by atoms with Crippen LogP contribution in [0.3, 0.4) is 0 Å². The Morgan fingerprint density at radius 1 is 1.55 bits per heavy atom. The molecular formula is C13H12BrFN2O3. The van der Waals surface area contributed by atoms with E-state index >= 15 is 0 Å². The van der Waals surface area contributed by atoms with Crippen molar-refractivity contribution in [2.24, 2.45) is 7.05 Å². The number of carboxylic acids is 1. The van der Waals surface area contributed by atoms with Crippen molar-refractivity contribution in [2.45, 2.75) is 13.5 Å². The number of benzene rings is 1. The summed E-state index contributed by atoms with van der Waals surface area (Å²) in [5, 5.41) is 13.2. The normalized spacial score (nSPS) is 10.6. The molecule has 1 aromatic carbocycles. The molecule has 20 heavy (non-hydrogen) atoms. The van der Waals surface area contributed by atoms with Crippen LogP contribution in [0.25, 0.3) is 0 Å². The molecule has 1 aromatic heterocycles. The molecule has 0 spiro atoms. The molecule has 1 N–H and O–H groups in total.